The monoisotopic (exact) mass is 374 g/mol. The summed E-state index contributed by atoms with van der Waals surface area (Å²) >= 11 is 0. The highest BCUT2D eigenvalue weighted by atomic mass is 19.1. The molecule has 9 heteroatoms. The predicted octanol–water partition coefficient (Wildman–Crippen LogP) is 2.57. The number of nitrogen functional groups attached to an aromatic ring is 1. The minimum Gasteiger partial charge on any atom is -0.399 e. The van der Waals surface area contributed by atoms with Crippen LogP contribution in [0.1, 0.15) is 11.3 Å². The van der Waals surface area contributed by atoms with E-state index in [-0.39, 0.29) is 12.2 Å². The zero-order chi connectivity index (χ0) is 19.7. The molecule has 0 amide bonds. The highest BCUT2D eigenvalue weighted by molar-refractivity contribution is 5.88. The first-order valence-electron chi connectivity index (χ1n) is 8.40. The zero-order valence-electron chi connectivity index (χ0n) is 14.9. The van der Waals surface area contributed by atoms with Crippen LogP contribution in [0.2, 0.25) is 0 Å². The lowest BCUT2D eigenvalue weighted by atomic mass is 10.1. The van der Waals surface area contributed by atoms with Crippen molar-refractivity contribution in [1.29, 1.82) is 5.26 Å². The number of hydrogen-bond donors (Lipinski definition) is 2. The molecule has 0 aliphatic rings. The van der Waals surface area contributed by atoms with Gasteiger partial charge >= 0.3 is 0 Å². The lowest BCUT2D eigenvalue weighted by molar-refractivity contribution is 0.602. The van der Waals surface area contributed by atoms with Gasteiger partial charge in [0.1, 0.15) is 28.8 Å². The zero-order valence-corrected chi connectivity index (χ0v) is 14.9. The molecule has 0 radical (unpaired) electrons. The van der Waals surface area contributed by atoms with Crippen molar-refractivity contribution in [3.63, 3.8) is 0 Å². The number of nitrogens with zero attached hydrogens (tertiary/aromatic N) is 6. The molecular formula is C19H15FN8. The number of imidazole rings is 1. The van der Waals surface area contributed by atoms with Crippen molar-refractivity contribution < 1.29 is 4.39 Å². The molecule has 4 rings (SSSR count). The summed E-state index contributed by atoms with van der Waals surface area (Å²) < 4.78 is 16.0. The first-order valence-corrected chi connectivity index (χ1v) is 8.40. The number of nitrogens with two attached hydrogens (primary N) is 1. The van der Waals surface area contributed by atoms with Gasteiger partial charge in [-0.15, -0.1) is 0 Å². The van der Waals surface area contributed by atoms with Gasteiger partial charge in [-0.25, -0.2) is 19.3 Å². The van der Waals surface area contributed by atoms with Crippen LogP contribution >= 0.6 is 0 Å². The lowest BCUT2D eigenvalue weighted by Gasteiger charge is -2.09. The Bertz CT molecular complexity index is 1220. The van der Waals surface area contributed by atoms with Gasteiger partial charge in [-0.05, 0) is 24.3 Å². The van der Waals surface area contributed by atoms with Gasteiger partial charge in [0.15, 0.2) is 5.65 Å². The summed E-state index contributed by atoms with van der Waals surface area (Å²) in [5.41, 5.74) is 9.07. The van der Waals surface area contributed by atoms with Crippen molar-refractivity contribution in [2.24, 2.45) is 0 Å². The molecule has 138 valence electrons. The molecule has 0 aliphatic heterocycles. The second-order valence-corrected chi connectivity index (χ2v) is 6.08. The predicted molar refractivity (Wildman–Crippen MR) is 103 cm³/mol. The Morgan fingerprint density at radius 1 is 1.21 bits per heavy atom. The molecule has 0 fully saturated rings. The van der Waals surface area contributed by atoms with Crippen molar-refractivity contribution in [2.45, 2.75) is 6.54 Å². The Labute approximate surface area is 159 Å². The van der Waals surface area contributed by atoms with Crippen molar-refractivity contribution in [1.82, 2.24) is 24.5 Å². The van der Waals surface area contributed by atoms with Gasteiger partial charge in [0, 0.05) is 30.1 Å². The second-order valence-electron chi connectivity index (χ2n) is 6.08. The summed E-state index contributed by atoms with van der Waals surface area (Å²) in [7, 11) is 1.71. The van der Waals surface area contributed by atoms with E-state index in [4.69, 9.17) is 11.0 Å². The third kappa shape index (κ3) is 3.07. The summed E-state index contributed by atoms with van der Waals surface area (Å²) in [6.45, 7) is 0.238. The topological polar surface area (TPSA) is 118 Å². The van der Waals surface area contributed by atoms with Gasteiger partial charge < -0.3 is 15.6 Å². The van der Waals surface area contributed by atoms with E-state index in [1.54, 1.807) is 48.4 Å². The summed E-state index contributed by atoms with van der Waals surface area (Å²) in [4.78, 5) is 17.4. The van der Waals surface area contributed by atoms with Crippen LogP contribution in [-0.2, 0) is 6.54 Å². The first-order chi connectivity index (χ1) is 13.6. The maximum atomic E-state index is 14.2. The lowest BCUT2D eigenvalue weighted by Crippen LogP contribution is -2.05. The molecule has 0 unspecified atom stereocenters. The van der Waals surface area contributed by atoms with Crippen molar-refractivity contribution in [3.8, 4) is 17.3 Å². The number of nitrogens with one attached hydrogen (secondary N) is 1. The van der Waals surface area contributed by atoms with Crippen LogP contribution in [0.15, 0.2) is 42.9 Å². The molecule has 8 nitrogen and oxygen atoms in total. The average molecular weight is 374 g/mol. The van der Waals surface area contributed by atoms with E-state index in [1.165, 1.54) is 6.07 Å². The maximum absolute atomic E-state index is 14.2. The SMILES string of the molecule is CNc1nc(-c2ccnc(C#N)c2)c2ncn(Cc3ccc(N)cc3F)c2n1. The number of nitriles is 1. The molecule has 3 heterocycles. The Hall–Kier alpha value is -4.06. The highest BCUT2D eigenvalue weighted by Gasteiger charge is 2.16. The number of rotatable bonds is 4. The normalized spacial score (nSPS) is 10.8. The summed E-state index contributed by atoms with van der Waals surface area (Å²) in [5, 5.41) is 12.0. The fourth-order valence-corrected chi connectivity index (χ4v) is 2.89. The van der Waals surface area contributed by atoms with Crippen LogP contribution in [0.5, 0.6) is 0 Å². The Morgan fingerprint density at radius 2 is 2.07 bits per heavy atom. The van der Waals surface area contributed by atoms with Crippen LogP contribution in [0.4, 0.5) is 16.0 Å². The van der Waals surface area contributed by atoms with E-state index in [9.17, 15) is 4.39 Å². The Balaban J connectivity index is 1.86. The quantitative estimate of drug-likeness (QED) is 0.527. The molecule has 0 bridgehead atoms. The Kier molecular flexibility index (Phi) is 4.29. The number of fused-ring (bicyclic) bond motifs is 1. The van der Waals surface area contributed by atoms with Crippen LogP contribution in [0.25, 0.3) is 22.4 Å². The van der Waals surface area contributed by atoms with Crippen LogP contribution in [0.3, 0.4) is 0 Å². The van der Waals surface area contributed by atoms with Crippen LogP contribution < -0.4 is 11.1 Å². The number of pyridine rings is 1. The van der Waals surface area contributed by atoms with Crippen LogP contribution in [-0.4, -0.2) is 31.6 Å². The minimum atomic E-state index is -0.391. The third-order valence-electron chi connectivity index (χ3n) is 4.25. The molecule has 0 aliphatic carbocycles. The molecule has 0 saturated carbocycles. The molecule has 1 aromatic carbocycles. The van der Waals surface area contributed by atoms with Crippen LogP contribution in [0, 0.1) is 17.1 Å². The molecule has 0 spiro atoms. The van der Waals surface area contributed by atoms with E-state index in [0.29, 0.717) is 39.6 Å². The molecule has 0 atom stereocenters. The molecular weight excluding hydrogens is 359 g/mol. The minimum absolute atomic E-state index is 0.238. The standard InChI is InChI=1S/C19H15FN8/c1-23-19-26-16(11-4-5-24-14(6-11)8-21)17-18(27-19)28(10-25-17)9-12-2-3-13(22)7-15(12)20/h2-7,10H,9,22H2,1H3,(H,23,26,27). The fraction of sp³-hybridized carbons (Fsp3) is 0.105. The largest absolute Gasteiger partial charge is 0.399 e. The average Bonchev–Trinajstić information content (AvgIpc) is 3.12. The van der Waals surface area contributed by atoms with Gasteiger partial charge in [0.05, 0.1) is 12.9 Å². The van der Waals surface area contributed by atoms with Gasteiger partial charge in [-0.1, -0.05) is 6.07 Å². The molecule has 28 heavy (non-hydrogen) atoms. The number of anilines is 2. The Morgan fingerprint density at radius 3 is 2.82 bits per heavy atom. The summed E-state index contributed by atoms with van der Waals surface area (Å²) in [6, 6.07) is 9.98. The van der Waals surface area contributed by atoms with Crippen molar-refractivity contribution in [2.75, 3.05) is 18.1 Å². The van der Waals surface area contributed by atoms with E-state index in [2.05, 4.69) is 25.3 Å². The molecule has 3 aromatic heterocycles. The van der Waals surface area contributed by atoms with E-state index in [0.717, 1.165) is 0 Å². The molecule has 0 saturated heterocycles. The van der Waals surface area contributed by atoms with E-state index < -0.39 is 5.82 Å². The first kappa shape index (κ1) is 17.4. The van der Waals surface area contributed by atoms with E-state index >= 15 is 0 Å². The second kappa shape index (κ2) is 6.92. The smallest absolute Gasteiger partial charge is 0.225 e. The summed E-state index contributed by atoms with van der Waals surface area (Å²) in [5.74, 6) is -0.00452. The maximum Gasteiger partial charge on any atom is 0.225 e. The van der Waals surface area contributed by atoms with Gasteiger partial charge in [0.2, 0.25) is 5.95 Å². The van der Waals surface area contributed by atoms with Crippen molar-refractivity contribution >= 4 is 22.8 Å². The number of halogens is 1. The third-order valence-corrected chi connectivity index (χ3v) is 4.25. The van der Waals surface area contributed by atoms with Crippen molar-refractivity contribution in [3.05, 3.63) is 59.9 Å². The van der Waals surface area contributed by atoms with E-state index in [1.807, 2.05) is 6.07 Å². The molecule has 4 aromatic rings. The number of aromatic nitrogens is 5. The molecule has 3 N–H and O–H groups in total. The van der Waals surface area contributed by atoms with Gasteiger partial charge in [-0.3, -0.25) is 0 Å². The van der Waals surface area contributed by atoms with Gasteiger partial charge in [-0.2, -0.15) is 10.2 Å². The summed E-state index contributed by atoms with van der Waals surface area (Å²) in [6.07, 6.45) is 3.13. The van der Waals surface area contributed by atoms with Gasteiger partial charge in [0.25, 0.3) is 0 Å². The highest BCUT2D eigenvalue weighted by Crippen LogP contribution is 2.27. The fourth-order valence-electron chi connectivity index (χ4n) is 2.89. The number of benzene rings is 1. The number of hydrogen-bond acceptors (Lipinski definition) is 7.